The first-order valence-electron chi connectivity index (χ1n) is 4.62. The van der Waals surface area contributed by atoms with Crippen LogP contribution in [-0.4, -0.2) is 40.6 Å². The predicted molar refractivity (Wildman–Crippen MR) is 51.9 cm³/mol. The summed E-state index contributed by atoms with van der Waals surface area (Å²) in [6.45, 7) is 0.595. The molecule has 0 aromatic carbocycles. The first kappa shape index (κ1) is 10.9. The van der Waals surface area contributed by atoms with Crippen LogP contribution in [0.15, 0.2) is 0 Å². The van der Waals surface area contributed by atoms with E-state index in [0.717, 1.165) is 19.3 Å². The zero-order chi connectivity index (χ0) is 10.7. The number of nitrogens with zero attached hydrogens (tertiary/aromatic N) is 1. The van der Waals surface area contributed by atoms with E-state index >= 15 is 0 Å². The summed E-state index contributed by atoms with van der Waals surface area (Å²) in [6.07, 6.45) is 1.54. The van der Waals surface area contributed by atoms with E-state index in [1.54, 1.807) is 4.90 Å². The van der Waals surface area contributed by atoms with Crippen LogP contribution in [0.3, 0.4) is 0 Å². The third-order valence-corrected chi connectivity index (χ3v) is 2.51. The molecule has 0 aliphatic carbocycles. The quantitative estimate of drug-likeness (QED) is 0.349. The molecule has 2 atom stereocenters. The van der Waals surface area contributed by atoms with Crippen molar-refractivity contribution >= 4 is 11.8 Å². The van der Waals surface area contributed by atoms with Gasteiger partial charge in [0.15, 0.2) is 6.17 Å². The number of carboxylic acid groups (broad SMARTS) is 1. The molecule has 0 aromatic heterocycles. The number of aliphatic carboxylic acids is 1. The Morgan fingerprint density at radius 2 is 2.21 bits per heavy atom. The van der Waals surface area contributed by atoms with Crippen molar-refractivity contribution in [2.24, 2.45) is 11.5 Å². The molecule has 0 bridgehead atoms. The van der Waals surface area contributed by atoms with Gasteiger partial charge in [-0.1, -0.05) is 6.42 Å². The van der Waals surface area contributed by atoms with E-state index in [0.29, 0.717) is 6.54 Å². The molecule has 1 rings (SSSR count). The number of carbonyl (C=O) groups is 1. The van der Waals surface area contributed by atoms with E-state index in [-0.39, 0.29) is 11.9 Å². The average Bonchev–Trinajstić information content (AvgIpc) is 2.16. The first-order valence-corrected chi connectivity index (χ1v) is 4.62. The van der Waals surface area contributed by atoms with E-state index in [2.05, 4.69) is 0 Å². The van der Waals surface area contributed by atoms with Crippen LogP contribution >= 0.6 is 0 Å². The highest BCUT2D eigenvalue weighted by atomic mass is 16.4. The van der Waals surface area contributed by atoms with Gasteiger partial charge in [-0.25, -0.2) is 4.79 Å². The molecule has 6 heteroatoms. The van der Waals surface area contributed by atoms with Gasteiger partial charge in [0, 0.05) is 6.54 Å². The lowest BCUT2D eigenvalue weighted by Gasteiger charge is -2.36. The van der Waals surface area contributed by atoms with Gasteiger partial charge in [-0.15, -0.1) is 0 Å². The van der Waals surface area contributed by atoms with Gasteiger partial charge in [-0.3, -0.25) is 10.3 Å². The highest BCUT2D eigenvalue weighted by molar-refractivity contribution is 5.84. The molecule has 0 unspecified atom stereocenters. The van der Waals surface area contributed by atoms with Crippen molar-refractivity contribution in [1.29, 1.82) is 5.41 Å². The number of carboxylic acids is 1. The van der Waals surface area contributed by atoms with Gasteiger partial charge in [0.25, 0.3) is 0 Å². The van der Waals surface area contributed by atoms with Crippen LogP contribution in [0.2, 0.25) is 0 Å². The average molecular weight is 200 g/mol. The minimum absolute atomic E-state index is 0.00130. The molecule has 1 saturated heterocycles. The molecule has 0 radical (unpaired) electrons. The summed E-state index contributed by atoms with van der Waals surface area (Å²) < 4.78 is 0. The fourth-order valence-electron chi connectivity index (χ4n) is 1.76. The number of amidine groups is 1. The molecular formula is C8H16N4O2. The van der Waals surface area contributed by atoms with Crippen molar-refractivity contribution in [3.8, 4) is 0 Å². The SMILES string of the molecule is N=C(N)[C@H]1CCCCN1[C@@H](N)C(=O)O. The van der Waals surface area contributed by atoms with Crippen LogP contribution in [0.5, 0.6) is 0 Å². The topological polar surface area (TPSA) is 116 Å². The lowest BCUT2D eigenvalue weighted by atomic mass is 10.0. The van der Waals surface area contributed by atoms with E-state index in [9.17, 15) is 4.79 Å². The van der Waals surface area contributed by atoms with Gasteiger partial charge in [0.1, 0.15) is 5.84 Å². The highest BCUT2D eigenvalue weighted by Gasteiger charge is 2.32. The maximum atomic E-state index is 10.7. The molecule has 0 amide bonds. The number of piperidine rings is 1. The summed E-state index contributed by atoms with van der Waals surface area (Å²) >= 11 is 0. The minimum Gasteiger partial charge on any atom is -0.479 e. The smallest absolute Gasteiger partial charge is 0.335 e. The Balaban J connectivity index is 2.72. The standard InChI is InChI=1S/C8H16N4O2/c9-6(10)5-3-1-2-4-12(5)7(11)8(13)14/h5,7H,1-4,11H2,(H3,9,10)(H,13,14)/t5-,7-/m1/s1. The van der Waals surface area contributed by atoms with E-state index in [1.165, 1.54) is 0 Å². The molecular weight excluding hydrogens is 184 g/mol. The second-order valence-electron chi connectivity index (χ2n) is 3.49. The summed E-state index contributed by atoms with van der Waals surface area (Å²) in [5, 5.41) is 16.1. The molecule has 0 aromatic rings. The molecule has 6 nitrogen and oxygen atoms in total. The second kappa shape index (κ2) is 4.39. The number of hydrogen-bond donors (Lipinski definition) is 4. The highest BCUT2D eigenvalue weighted by Crippen LogP contribution is 2.17. The molecule has 14 heavy (non-hydrogen) atoms. The Hall–Kier alpha value is -1.14. The van der Waals surface area contributed by atoms with Gasteiger partial charge in [0.2, 0.25) is 0 Å². The third-order valence-electron chi connectivity index (χ3n) is 2.51. The Morgan fingerprint density at radius 3 is 2.71 bits per heavy atom. The van der Waals surface area contributed by atoms with E-state index < -0.39 is 12.1 Å². The monoisotopic (exact) mass is 200 g/mol. The fourth-order valence-corrected chi connectivity index (χ4v) is 1.76. The number of nitrogens with one attached hydrogen (secondary N) is 1. The van der Waals surface area contributed by atoms with E-state index in [4.69, 9.17) is 22.0 Å². The minimum atomic E-state index is -1.07. The summed E-state index contributed by atoms with van der Waals surface area (Å²) in [5.74, 6) is -1.07. The summed E-state index contributed by atoms with van der Waals surface area (Å²) in [5.41, 5.74) is 10.9. The number of likely N-dealkylation sites (tertiary alicyclic amines) is 1. The predicted octanol–water partition coefficient (Wildman–Crippen LogP) is -0.854. The molecule has 0 saturated carbocycles. The van der Waals surface area contributed by atoms with Gasteiger partial charge < -0.3 is 16.6 Å². The molecule has 80 valence electrons. The molecule has 1 heterocycles. The maximum Gasteiger partial charge on any atom is 0.335 e. The first-order chi connectivity index (χ1) is 6.54. The van der Waals surface area contributed by atoms with Gasteiger partial charge in [0.05, 0.1) is 6.04 Å². The number of hydrogen-bond acceptors (Lipinski definition) is 4. The largest absolute Gasteiger partial charge is 0.479 e. The Labute approximate surface area is 82.4 Å². The lowest BCUT2D eigenvalue weighted by Crippen LogP contribution is -2.58. The van der Waals surface area contributed by atoms with E-state index in [1.807, 2.05) is 0 Å². The summed E-state index contributed by atoms with van der Waals surface area (Å²) in [6, 6.07) is -0.310. The number of rotatable bonds is 3. The van der Waals surface area contributed by atoms with Crippen LogP contribution in [0, 0.1) is 5.41 Å². The van der Waals surface area contributed by atoms with Gasteiger partial charge in [-0.05, 0) is 12.8 Å². The normalized spacial score (nSPS) is 25.6. The van der Waals surface area contributed by atoms with Crippen molar-refractivity contribution in [2.45, 2.75) is 31.5 Å². The molecule has 1 aliphatic rings. The zero-order valence-electron chi connectivity index (χ0n) is 7.94. The summed E-state index contributed by atoms with van der Waals surface area (Å²) in [4.78, 5) is 12.3. The maximum absolute atomic E-state index is 10.7. The summed E-state index contributed by atoms with van der Waals surface area (Å²) in [7, 11) is 0. The number of nitrogens with two attached hydrogens (primary N) is 2. The Bertz CT molecular complexity index is 243. The van der Waals surface area contributed by atoms with Crippen molar-refractivity contribution in [2.75, 3.05) is 6.54 Å². The van der Waals surface area contributed by atoms with Crippen LogP contribution in [-0.2, 0) is 4.79 Å². The lowest BCUT2D eigenvalue weighted by molar-refractivity contribution is -0.144. The second-order valence-corrected chi connectivity index (χ2v) is 3.49. The van der Waals surface area contributed by atoms with Crippen LogP contribution in [0.25, 0.3) is 0 Å². The van der Waals surface area contributed by atoms with Crippen molar-refractivity contribution < 1.29 is 9.90 Å². The fraction of sp³-hybridized carbons (Fsp3) is 0.750. The zero-order valence-corrected chi connectivity index (χ0v) is 7.94. The van der Waals surface area contributed by atoms with Crippen molar-refractivity contribution in [1.82, 2.24) is 4.90 Å². The third kappa shape index (κ3) is 2.21. The van der Waals surface area contributed by atoms with Crippen LogP contribution in [0.4, 0.5) is 0 Å². The molecule has 1 aliphatic heterocycles. The Morgan fingerprint density at radius 1 is 1.57 bits per heavy atom. The van der Waals surface area contributed by atoms with Gasteiger partial charge in [-0.2, -0.15) is 0 Å². The van der Waals surface area contributed by atoms with Crippen molar-refractivity contribution in [3.05, 3.63) is 0 Å². The molecule has 1 fully saturated rings. The van der Waals surface area contributed by atoms with Crippen LogP contribution in [0.1, 0.15) is 19.3 Å². The molecule has 6 N–H and O–H groups in total. The van der Waals surface area contributed by atoms with Crippen LogP contribution < -0.4 is 11.5 Å². The molecule has 0 spiro atoms. The van der Waals surface area contributed by atoms with Crippen molar-refractivity contribution in [3.63, 3.8) is 0 Å². The van der Waals surface area contributed by atoms with Gasteiger partial charge >= 0.3 is 5.97 Å². The Kier molecular flexibility index (Phi) is 3.43.